The van der Waals surface area contributed by atoms with Crippen LogP contribution in [0.25, 0.3) is 0 Å². The first-order valence-corrected chi connectivity index (χ1v) is 6.11. The lowest BCUT2D eigenvalue weighted by Gasteiger charge is -2.30. The summed E-state index contributed by atoms with van der Waals surface area (Å²) in [5, 5.41) is 9.09. The molecule has 2 unspecified atom stereocenters. The summed E-state index contributed by atoms with van der Waals surface area (Å²) in [4.78, 5) is 11.1. The van der Waals surface area contributed by atoms with Gasteiger partial charge in [-0.05, 0) is 49.7 Å². The summed E-state index contributed by atoms with van der Waals surface area (Å²) in [6, 6.07) is 8.30. The Morgan fingerprint density at radius 3 is 2.94 bits per heavy atom. The van der Waals surface area contributed by atoms with Crippen LogP contribution in [0.1, 0.15) is 43.2 Å². The summed E-state index contributed by atoms with van der Waals surface area (Å²) < 4.78 is 0. The standard InChI is InChI=1S/C14H19NO2/c1-14(15,13(16)17)9-11-7-4-6-10-5-2-3-8-12(10)11/h2-3,5,8,11H,4,6-7,9,15H2,1H3,(H,16,17). The molecule has 1 aromatic rings. The van der Waals surface area contributed by atoms with Crippen LogP contribution in [0.5, 0.6) is 0 Å². The smallest absolute Gasteiger partial charge is 0.323 e. The molecule has 0 aliphatic heterocycles. The monoisotopic (exact) mass is 233 g/mol. The van der Waals surface area contributed by atoms with Crippen molar-refractivity contribution in [2.45, 2.75) is 44.1 Å². The molecule has 3 nitrogen and oxygen atoms in total. The highest BCUT2D eigenvalue weighted by Crippen LogP contribution is 2.36. The minimum absolute atomic E-state index is 0.283. The molecule has 0 amide bonds. The Hall–Kier alpha value is -1.35. The van der Waals surface area contributed by atoms with Gasteiger partial charge in [-0.25, -0.2) is 0 Å². The van der Waals surface area contributed by atoms with Crippen molar-refractivity contribution in [1.82, 2.24) is 0 Å². The molecule has 0 saturated carbocycles. The van der Waals surface area contributed by atoms with E-state index in [0.29, 0.717) is 6.42 Å². The lowest BCUT2D eigenvalue weighted by atomic mass is 9.76. The van der Waals surface area contributed by atoms with Gasteiger partial charge < -0.3 is 10.8 Å². The maximum Gasteiger partial charge on any atom is 0.323 e. The summed E-state index contributed by atoms with van der Waals surface area (Å²) in [5.41, 5.74) is 7.36. The maximum absolute atomic E-state index is 11.1. The van der Waals surface area contributed by atoms with Crippen LogP contribution in [-0.4, -0.2) is 16.6 Å². The molecule has 0 heterocycles. The number of carboxylic acids is 1. The van der Waals surface area contributed by atoms with Crippen LogP contribution in [0.3, 0.4) is 0 Å². The Morgan fingerprint density at radius 2 is 2.24 bits per heavy atom. The van der Waals surface area contributed by atoms with Crippen molar-refractivity contribution in [3.8, 4) is 0 Å². The first-order chi connectivity index (χ1) is 8.00. The third-order valence-corrected chi connectivity index (χ3v) is 3.65. The number of hydrogen-bond acceptors (Lipinski definition) is 2. The molecule has 17 heavy (non-hydrogen) atoms. The van der Waals surface area contributed by atoms with Crippen LogP contribution in [0.4, 0.5) is 0 Å². The third-order valence-electron chi connectivity index (χ3n) is 3.65. The van der Waals surface area contributed by atoms with Crippen LogP contribution in [-0.2, 0) is 11.2 Å². The van der Waals surface area contributed by atoms with Gasteiger partial charge in [0.2, 0.25) is 0 Å². The van der Waals surface area contributed by atoms with Crippen molar-refractivity contribution < 1.29 is 9.90 Å². The highest BCUT2D eigenvalue weighted by atomic mass is 16.4. The van der Waals surface area contributed by atoms with Gasteiger partial charge in [-0.2, -0.15) is 0 Å². The molecule has 2 rings (SSSR count). The number of benzene rings is 1. The average molecular weight is 233 g/mol. The molecule has 3 N–H and O–H groups in total. The van der Waals surface area contributed by atoms with E-state index in [1.165, 1.54) is 11.1 Å². The van der Waals surface area contributed by atoms with E-state index in [2.05, 4.69) is 12.1 Å². The fraction of sp³-hybridized carbons (Fsp3) is 0.500. The number of aliphatic carboxylic acids is 1. The third kappa shape index (κ3) is 2.50. The molecule has 0 bridgehead atoms. The van der Waals surface area contributed by atoms with Gasteiger partial charge in [-0.1, -0.05) is 24.3 Å². The van der Waals surface area contributed by atoms with E-state index in [1.54, 1.807) is 6.92 Å². The number of fused-ring (bicyclic) bond motifs is 1. The van der Waals surface area contributed by atoms with E-state index in [-0.39, 0.29) is 5.92 Å². The largest absolute Gasteiger partial charge is 0.480 e. The highest BCUT2D eigenvalue weighted by Gasteiger charge is 2.33. The van der Waals surface area contributed by atoms with Gasteiger partial charge >= 0.3 is 5.97 Å². The highest BCUT2D eigenvalue weighted by molar-refractivity contribution is 5.78. The SMILES string of the molecule is CC(N)(CC1CCCc2ccccc21)C(=O)O. The second-order valence-corrected chi connectivity index (χ2v) is 5.21. The number of aryl methyl sites for hydroxylation is 1. The minimum Gasteiger partial charge on any atom is -0.480 e. The molecule has 92 valence electrons. The molecule has 1 aromatic carbocycles. The van der Waals surface area contributed by atoms with Crippen LogP contribution >= 0.6 is 0 Å². The zero-order valence-electron chi connectivity index (χ0n) is 10.1. The van der Waals surface area contributed by atoms with Gasteiger partial charge in [-0.3, -0.25) is 4.79 Å². The predicted molar refractivity (Wildman–Crippen MR) is 67.0 cm³/mol. The lowest BCUT2D eigenvalue weighted by molar-refractivity contribution is -0.143. The quantitative estimate of drug-likeness (QED) is 0.842. The normalized spacial score (nSPS) is 22.6. The van der Waals surface area contributed by atoms with Gasteiger partial charge in [0.25, 0.3) is 0 Å². The van der Waals surface area contributed by atoms with Crippen molar-refractivity contribution in [1.29, 1.82) is 0 Å². The number of carboxylic acid groups (broad SMARTS) is 1. The number of hydrogen-bond donors (Lipinski definition) is 2. The summed E-state index contributed by atoms with van der Waals surface area (Å²) in [6.45, 7) is 1.60. The second-order valence-electron chi connectivity index (χ2n) is 5.21. The zero-order valence-corrected chi connectivity index (χ0v) is 10.1. The molecular weight excluding hydrogens is 214 g/mol. The lowest BCUT2D eigenvalue weighted by Crippen LogP contribution is -2.46. The fourth-order valence-corrected chi connectivity index (χ4v) is 2.67. The Balaban J connectivity index is 2.22. The van der Waals surface area contributed by atoms with Crippen LogP contribution in [0, 0.1) is 0 Å². The summed E-state index contributed by atoms with van der Waals surface area (Å²) in [7, 11) is 0. The molecule has 0 radical (unpaired) electrons. The van der Waals surface area contributed by atoms with E-state index in [4.69, 9.17) is 10.8 Å². The number of rotatable bonds is 3. The Morgan fingerprint density at radius 1 is 1.53 bits per heavy atom. The summed E-state index contributed by atoms with van der Waals surface area (Å²) in [6.07, 6.45) is 3.77. The van der Waals surface area contributed by atoms with E-state index in [9.17, 15) is 4.79 Å². The van der Waals surface area contributed by atoms with E-state index in [1.807, 2.05) is 12.1 Å². The van der Waals surface area contributed by atoms with Crippen LogP contribution in [0.2, 0.25) is 0 Å². The predicted octanol–water partition coefficient (Wildman–Crippen LogP) is 2.30. The van der Waals surface area contributed by atoms with E-state index < -0.39 is 11.5 Å². The first kappa shape index (κ1) is 12.1. The molecule has 0 spiro atoms. The van der Waals surface area contributed by atoms with Crippen molar-refractivity contribution in [2.24, 2.45) is 5.73 Å². The van der Waals surface area contributed by atoms with E-state index in [0.717, 1.165) is 19.3 Å². The minimum atomic E-state index is -1.13. The molecular formula is C14H19NO2. The van der Waals surface area contributed by atoms with Crippen LogP contribution < -0.4 is 5.73 Å². The average Bonchev–Trinajstić information content (AvgIpc) is 2.29. The van der Waals surface area contributed by atoms with E-state index >= 15 is 0 Å². The van der Waals surface area contributed by atoms with Gasteiger partial charge in [-0.15, -0.1) is 0 Å². The van der Waals surface area contributed by atoms with Crippen LogP contribution in [0.15, 0.2) is 24.3 Å². The molecule has 0 aromatic heterocycles. The zero-order chi connectivity index (χ0) is 12.5. The van der Waals surface area contributed by atoms with Crippen molar-refractivity contribution in [3.63, 3.8) is 0 Å². The molecule has 0 saturated heterocycles. The topological polar surface area (TPSA) is 63.3 Å². The van der Waals surface area contributed by atoms with Gasteiger partial charge in [0.1, 0.15) is 5.54 Å². The molecule has 3 heteroatoms. The Bertz CT molecular complexity index is 426. The summed E-state index contributed by atoms with van der Waals surface area (Å²) in [5.74, 6) is -0.633. The molecule has 1 aliphatic carbocycles. The number of nitrogens with two attached hydrogens (primary N) is 1. The van der Waals surface area contributed by atoms with Crippen molar-refractivity contribution in [3.05, 3.63) is 35.4 Å². The number of carbonyl (C=O) groups is 1. The first-order valence-electron chi connectivity index (χ1n) is 6.11. The van der Waals surface area contributed by atoms with Gasteiger partial charge in [0.15, 0.2) is 0 Å². The molecule has 2 atom stereocenters. The molecule has 1 aliphatic rings. The Labute approximate surface area is 102 Å². The fourth-order valence-electron chi connectivity index (χ4n) is 2.67. The van der Waals surface area contributed by atoms with Crippen molar-refractivity contribution >= 4 is 5.97 Å². The van der Waals surface area contributed by atoms with Gasteiger partial charge in [0.05, 0.1) is 0 Å². The van der Waals surface area contributed by atoms with Gasteiger partial charge in [0, 0.05) is 0 Å². The Kier molecular flexibility index (Phi) is 3.20. The van der Waals surface area contributed by atoms with Crippen molar-refractivity contribution in [2.75, 3.05) is 0 Å². The summed E-state index contributed by atoms with van der Waals surface area (Å²) >= 11 is 0. The maximum atomic E-state index is 11.1. The second kappa shape index (κ2) is 4.49. The molecule has 0 fully saturated rings.